The molecule has 0 radical (unpaired) electrons. The number of hydrogen-bond acceptors (Lipinski definition) is 6. The van der Waals surface area contributed by atoms with Gasteiger partial charge in [0.25, 0.3) is 0 Å². The number of benzene rings is 1. The molecule has 0 bridgehead atoms. The first-order valence-corrected chi connectivity index (χ1v) is 8.92. The van der Waals surface area contributed by atoms with Crippen LogP contribution in [0.5, 0.6) is 0 Å². The van der Waals surface area contributed by atoms with Crippen molar-refractivity contribution in [3.05, 3.63) is 29.8 Å². The zero-order valence-corrected chi connectivity index (χ0v) is 16.3. The molecule has 0 saturated heterocycles. The number of ether oxygens (including phenoxy) is 2. The van der Waals surface area contributed by atoms with Crippen molar-refractivity contribution in [3.63, 3.8) is 0 Å². The highest BCUT2D eigenvalue weighted by Crippen LogP contribution is 2.12. The standard InChI is InChI=1S/C17H28N4O2.C2H6/c1-4-5-6-17(22-3)23-13-16(21-18)12-20-15-9-7-14(8-10-15)11-19-2;1-2/h7-10,12,17,19H,4-6,11,13,18H2,1-3H3;1-2H3/b20-12?,21-16+;. The Labute approximate surface area is 152 Å². The summed E-state index contributed by atoms with van der Waals surface area (Å²) in [4.78, 5) is 4.37. The van der Waals surface area contributed by atoms with Crippen molar-refractivity contribution >= 4 is 17.6 Å². The fourth-order valence-corrected chi connectivity index (χ4v) is 1.98. The van der Waals surface area contributed by atoms with Gasteiger partial charge in [0.05, 0.1) is 18.5 Å². The predicted molar refractivity (Wildman–Crippen MR) is 107 cm³/mol. The van der Waals surface area contributed by atoms with E-state index in [0.29, 0.717) is 5.71 Å². The Bertz CT molecular complexity index is 487. The van der Waals surface area contributed by atoms with Crippen LogP contribution < -0.4 is 11.2 Å². The maximum atomic E-state index is 5.65. The highest BCUT2D eigenvalue weighted by atomic mass is 16.7. The lowest BCUT2D eigenvalue weighted by Crippen LogP contribution is -2.21. The van der Waals surface area contributed by atoms with Gasteiger partial charge in [0.2, 0.25) is 0 Å². The molecule has 1 rings (SSSR count). The van der Waals surface area contributed by atoms with Gasteiger partial charge in [-0.1, -0.05) is 39.3 Å². The minimum absolute atomic E-state index is 0.235. The number of unbranched alkanes of at least 4 members (excludes halogenated alkanes) is 1. The molecule has 1 aromatic rings. The minimum atomic E-state index is -0.235. The van der Waals surface area contributed by atoms with E-state index in [-0.39, 0.29) is 12.9 Å². The van der Waals surface area contributed by atoms with E-state index >= 15 is 0 Å². The van der Waals surface area contributed by atoms with Crippen molar-refractivity contribution in [2.45, 2.75) is 52.9 Å². The van der Waals surface area contributed by atoms with Crippen molar-refractivity contribution in [3.8, 4) is 0 Å². The molecule has 0 heterocycles. The molecule has 0 aliphatic rings. The summed E-state index contributed by atoms with van der Waals surface area (Å²) in [5.41, 5.74) is 2.63. The van der Waals surface area contributed by atoms with Crippen molar-refractivity contribution in [1.82, 2.24) is 5.32 Å². The van der Waals surface area contributed by atoms with E-state index in [4.69, 9.17) is 15.3 Å². The third kappa shape index (κ3) is 10.7. The summed E-state index contributed by atoms with van der Waals surface area (Å²) in [6, 6.07) is 7.98. The van der Waals surface area contributed by atoms with E-state index in [2.05, 4.69) is 22.3 Å². The fraction of sp³-hybridized carbons (Fsp3) is 0.579. The molecule has 1 atom stereocenters. The molecule has 25 heavy (non-hydrogen) atoms. The molecule has 0 amide bonds. The molecule has 1 aromatic carbocycles. The van der Waals surface area contributed by atoms with Crippen LogP contribution in [0.15, 0.2) is 34.4 Å². The van der Waals surface area contributed by atoms with Crippen LogP contribution in [0.3, 0.4) is 0 Å². The topological polar surface area (TPSA) is 81.2 Å². The van der Waals surface area contributed by atoms with Crippen molar-refractivity contribution < 1.29 is 9.47 Å². The smallest absolute Gasteiger partial charge is 0.157 e. The Kier molecular flexibility index (Phi) is 14.6. The molecule has 0 aromatic heterocycles. The van der Waals surface area contributed by atoms with Crippen molar-refractivity contribution in [2.75, 3.05) is 20.8 Å². The quantitative estimate of drug-likeness (QED) is 0.276. The zero-order chi connectivity index (χ0) is 18.9. The molecule has 0 saturated carbocycles. The third-order valence-corrected chi connectivity index (χ3v) is 3.32. The van der Waals surface area contributed by atoms with Gasteiger partial charge in [-0.3, -0.25) is 4.99 Å². The summed E-state index contributed by atoms with van der Waals surface area (Å²) >= 11 is 0. The van der Waals surface area contributed by atoms with Crippen LogP contribution in [0.1, 0.15) is 45.6 Å². The van der Waals surface area contributed by atoms with Gasteiger partial charge in [0, 0.05) is 13.7 Å². The van der Waals surface area contributed by atoms with Gasteiger partial charge in [-0.05, 0) is 37.6 Å². The molecule has 142 valence electrons. The lowest BCUT2D eigenvalue weighted by molar-refractivity contribution is -0.116. The lowest BCUT2D eigenvalue weighted by atomic mass is 10.2. The first kappa shape index (κ1) is 23.2. The maximum absolute atomic E-state index is 5.65. The van der Waals surface area contributed by atoms with Crippen LogP contribution in [0.25, 0.3) is 0 Å². The average Bonchev–Trinajstić information content (AvgIpc) is 2.67. The zero-order valence-electron chi connectivity index (χ0n) is 16.3. The summed E-state index contributed by atoms with van der Waals surface area (Å²) in [6.45, 7) is 7.25. The fourth-order valence-electron chi connectivity index (χ4n) is 1.98. The van der Waals surface area contributed by atoms with Gasteiger partial charge in [0.15, 0.2) is 6.29 Å². The molecule has 0 aliphatic carbocycles. The molecular weight excluding hydrogens is 316 g/mol. The first-order chi connectivity index (χ1) is 12.2. The van der Waals surface area contributed by atoms with Crippen LogP contribution in [0, 0.1) is 0 Å². The monoisotopic (exact) mass is 350 g/mol. The van der Waals surface area contributed by atoms with E-state index in [0.717, 1.165) is 31.5 Å². The molecule has 0 aliphatic heterocycles. The summed E-state index contributed by atoms with van der Waals surface area (Å²) in [5, 5.41) is 6.82. The number of hydrogen-bond donors (Lipinski definition) is 2. The molecular formula is C19H34N4O2. The average molecular weight is 351 g/mol. The summed E-state index contributed by atoms with van der Waals surface area (Å²) in [7, 11) is 3.56. The minimum Gasteiger partial charge on any atom is -0.356 e. The van der Waals surface area contributed by atoms with E-state index in [1.165, 1.54) is 5.56 Å². The van der Waals surface area contributed by atoms with E-state index in [1.54, 1.807) is 13.3 Å². The van der Waals surface area contributed by atoms with Gasteiger partial charge in [-0.15, -0.1) is 0 Å². The first-order valence-electron chi connectivity index (χ1n) is 8.92. The van der Waals surface area contributed by atoms with Crippen LogP contribution >= 0.6 is 0 Å². The second-order valence-corrected chi connectivity index (χ2v) is 5.19. The van der Waals surface area contributed by atoms with Gasteiger partial charge in [-0.2, -0.15) is 5.10 Å². The normalized spacial score (nSPS) is 12.8. The molecule has 6 heteroatoms. The number of nitrogens with zero attached hydrogens (tertiary/aromatic N) is 2. The van der Waals surface area contributed by atoms with Crippen molar-refractivity contribution in [2.24, 2.45) is 15.9 Å². The Morgan fingerprint density at radius 1 is 1.28 bits per heavy atom. The number of aliphatic imine (C=N–C) groups is 1. The second kappa shape index (κ2) is 15.7. The van der Waals surface area contributed by atoms with Crippen LogP contribution in [-0.2, 0) is 16.0 Å². The Morgan fingerprint density at radius 2 is 1.96 bits per heavy atom. The molecule has 0 fully saturated rings. The molecule has 6 nitrogen and oxygen atoms in total. The summed E-state index contributed by atoms with van der Waals surface area (Å²) < 4.78 is 10.9. The van der Waals surface area contributed by atoms with Crippen LogP contribution in [0.2, 0.25) is 0 Å². The third-order valence-electron chi connectivity index (χ3n) is 3.32. The van der Waals surface area contributed by atoms with Crippen LogP contribution in [0.4, 0.5) is 5.69 Å². The number of hydrazone groups is 1. The highest BCUT2D eigenvalue weighted by Gasteiger charge is 2.08. The molecule has 3 N–H and O–H groups in total. The Hall–Kier alpha value is -1.76. The largest absolute Gasteiger partial charge is 0.356 e. The van der Waals surface area contributed by atoms with E-state index in [1.807, 2.05) is 45.2 Å². The second-order valence-electron chi connectivity index (χ2n) is 5.19. The maximum Gasteiger partial charge on any atom is 0.157 e. The van der Waals surface area contributed by atoms with Gasteiger partial charge >= 0.3 is 0 Å². The van der Waals surface area contributed by atoms with Crippen LogP contribution in [-0.4, -0.2) is 39.0 Å². The number of nitrogens with two attached hydrogens (primary N) is 1. The van der Waals surface area contributed by atoms with E-state index in [9.17, 15) is 0 Å². The summed E-state index contributed by atoms with van der Waals surface area (Å²) in [5.74, 6) is 5.40. The van der Waals surface area contributed by atoms with Crippen molar-refractivity contribution in [1.29, 1.82) is 0 Å². The summed E-state index contributed by atoms with van der Waals surface area (Å²) in [6.07, 6.45) is 4.40. The number of methoxy groups -OCH3 is 1. The highest BCUT2D eigenvalue weighted by molar-refractivity contribution is 6.31. The predicted octanol–water partition coefficient (Wildman–Crippen LogP) is 3.63. The Balaban J connectivity index is 0.00000277. The molecule has 0 spiro atoms. The number of rotatable bonds is 11. The van der Waals surface area contributed by atoms with Gasteiger partial charge in [0.1, 0.15) is 5.71 Å². The van der Waals surface area contributed by atoms with Gasteiger partial charge in [-0.25, -0.2) is 0 Å². The molecule has 1 unspecified atom stereocenters. The lowest BCUT2D eigenvalue weighted by Gasteiger charge is -2.15. The van der Waals surface area contributed by atoms with Gasteiger partial charge < -0.3 is 20.6 Å². The van der Waals surface area contributed by atoms with E-state index < -0.39 is 0 Å². The SMILES string of the molecule is CC.CCCCC(OC)OC/C(C=Nc1ccc(CNC)cc1)=N/N. The number of nitrogens with one attached hydrogen (secondary N) is 1. The Morgan fingerprint density at radius 3 is 2.48 bits per heavy atom.